The van der Waals surface area contributed by atoms with Gasteiger partial charge in [0.25, 0.3) is 0 Å². The number of rotatable bonds is 1. The third-order valence-electron chi connectivity index (χ3n) is 3.49. The van der Waals surface area contributed by atoms with Crippen LogP contribution >= 0.6 is 15.9 Å². The van der Waals surface area contributed by atoms with Crippen molar-refractivity contribution in [3.63, 3.8) is 0 Å². The molecule has 0 saturated carbocycles. The van der Waals surface area contributed by atoms with Gasteiger partial charge in [0.15, 0.2) is 11.3 Å². The molecule has 20 heavy (non-hydrogen) atoms. The molecule has 3 rings (SSSR count). The van der Waals surface area contributed by atoms with Crippen LogP contribution in [0.25, 0.3) is 11.0 Å². The van der Waals surface area contributed by atoms with Crippen LogP contribution < -0.4 is 10.3 Å². The quantitative estimate of drug-likeness (QED) is 0.864. The van der Waals surface area contributed by atoms with Gasteiger partial charge in [0.2, 0.25) is 0 Å². The molecule has 5 nitrogen and oxygen atoms in total. The third-order valence-corrected chi connectivity index (χ3v) is 4.09. The second kappa shape index (κ2) is 5.10. The maximum Gasteiger partial charge on any atom is 0.200 e. The fraction of sp³-hybridized carbons (Fsp3) is 0.357. The van der Waals surface area contributed by atoms with E-state index in [9.17, 15) is 9.90 Å². The number of anilines is 1. The predicted octanol–water partition coefficient (Wildman–Crippen LogP) is 2.41. The van der Waals surface area contributed by atoms with E-state index in [1.807, 2.05) is 4.90 Å². The summed E-state index contributed by atoms with van der Waals surface area (Å²) in [5, 5.41) is 10.4. The maximum atomic E-state index is 12.2. The van der Waals surface area contributed by atoms with Gasteiger partial charge < -0.3 is 19.2 Å². The highest BCUT2D eigenvalue weighted by molar-refractivity contribution is 9.10. The Balaban J connectivity index is 2.20. The van der Waals surface area contributed by atoms with Gasteiger partial charge in [-0.1, -0.05) is 0 Å². The molecule has 1 aromatic heterocycles. The number of halogens is 1. The van der Waals surface area contributed by atoms with Gasteiger partial charge in [0.1, 0.15) is 11.3 Å². The van der Waals surface area contributed by atoms with Gasteiger partial charge in [0.05, 0.1) is 23.1 Å². The highest BCUT2D eigenvalue weighted by atomic mass is 79.9. The highest BCUT2D eigenvalue weighted by Crippen LogP contribution is 2.34. The molecule has 0 unspecified atom stereocenters. The summed E-state index contributed by atoms with van der Waals surface area (Å²) in [7, 11) is 0. The molecule has 0 radical (unpaired) electrons. The van der Waals surface area contributed by atoms with Crippen molar-refractivity contribution in [3.05, 3.63) is 32.4 Å². The molecule has 1 aromatic carbocycles. The molecule has 1 aliphatic heterocycles. The second-order valence-corrected chi connectivity index (χ2v) is 5.61. The van der Waals surface area contributed by atoms with Crippen molar-refractivity contribution >= 4 is 32.8 Å². The lowest BCUT2D eigenvalue weighted by molar-refractivity contribution is 0.121. The van der Waals surface area contributed by atoms with Gasteiger partial charge in [-0.15, -0.1) is 0 Å². The second-order valence-electron chi connectivity index (χ2n) is 4.76. The van der Waals surface area contributed by atoms with Crippen molar-refractivity contribution in [1.29, 1.82) is 0 Å². The molecule has 6 heteroatoms. The molecule has 1 saturated heterocycles. The molecule has 2 aromatic rings. The molecular formula is C14H14BrNO4. The summed E-state index contributed by atoms with van der Waals surface area (Å²) in [6.07, 6.45) is 0. The van der Waals surface area contributed by atoms with Crippen LogP contribution in [-0.2, 0) is 4.74 Å². The minimum Gasteiger partial charge on any atom is -0.506 e. The summed E-state index contributed by atoms with van der Waals surface area (Å²) < 4.78 is 11.6. The van der Waals surface area contributed by atoms with Crippen LogP contribution in [-0.4, -0.2) is 31.4 Å². The number of fused-ring (bicyclic) bond motifs is 1. The zero-order chi connectivity index (χ0) is 14.3. The SMILES string of the molecule is Cc1c(O)c(Br)cc2c(=O)cc(N3CCOCC3)oc12. The first-order chi connectivity index (χ1) is 9.58. The zero-order valence-corrected chi connectivity index (χ0v) is 12.6. The molecule has 2 heterocycles. The topological polar surface area (TPSA) is 62.9 Å². The Kier molecular flexibility index (Phi) is 3.43. The number of hydrogen-bond donors (Lipinski definition) is 1. The van der Waals surface area contributed by atoms with E-state index in [4.69, 9.17) is 9.15 Å². The van der Waals surface area contributed by atoms with Gasteiger partial charge >= 0.3 is 0 Å². The van der Waals surface area contributed by atoms with Crippen LogP contribution in [0.15, 0.2) is 25.8 Å². The van der Waals surface area contributed by atoms with Gasteiger partial charge in [0, 0.05) is 24.7 Å². The number of phenolic OH excluding ortho intramolecular Hbond substituents is 1. The largest absolute Gasteiger partial charge is 0.506 e. The van der Waals surface area contributed by atoms with Crippen LogP contribution in [0.2, 0.25) is 0 Å². The van der Waals surface area contributed by atoms with E-state index >= 15 is 0 Å². The Labute approximate surface area is 123 Å². The van der Waals surface area contributed by atoms with Gasteiger partial charge in [-0.05, 0) is 28.9 Å². The first-order valence-corrected chi connectivity index (χ1v) is 7.16. The van der Waals surface area contributed by atoms with Crippen molar-refractivity contribution in [2.24, 2.45) is 0 Å². The Morgan fingerprint density at radius 1 is 1.30 bits per heavy atom. The van der Waals surface area contributed by atoms with Crippen LogP contribution in [0, 0.1) is 6.92 Å². The van der Waals surface area contributed by atoms with E-state index in [-0.39, 0.29) is 11.2 Å². The van der Waals surface area contributed by atoms with Crippen LogP contribution in [0.1, 0.15) is 5.56 Å². The van der Waals surface area contributed by atoms with E-state index in [1.165, 1.54) is 6.07 Å². The van der Waals surface area contributed by atoms with E-state index in [0.29, 0.717) is 53.2 Å². The normalized spacial score (nSPS) is 15.8. The molecule has 106 valence electrons. The van der Waals surface area contributed by atoms with Crippen molar-refractivity contribution in [1.82, 2.24) is 0 Å². The molecule has 0 spiro atoms. The predicted molar refractivity (Wildman–Crippen MR) is 79.6 cm³/mol. The van der Waals surface area contributed by atoms with Gasteiger partial charge in [-0.25, -0.2) is 0 Å². The maximum absolute atomic E-state index is 12.2. The number of aryl methyl sites for hydroxylation is 1. The zero-order valence-electron chi connectivity index (χ0n) is 11.0. The van der Waals surface area contributed by atoms with Gasteiger partial charge in [-0.2, -0.15) is 0 Å². The summed E-state index contributed by atoms with van der Waals surface area (Å²) in [5.74, 6) is 0.621. The van der Waals surface area contributed by atoms with Crippen LogP contribution in [0.4, 0.5) is 5.88 Å². The van der Waals surface area contributed by atoms with Crippen molar-refractivity contribution in [2.45, 2.75) is 6.92 Å². The van der Waals surface area contributed by atoms with Gasteiger partial charge in [-0.3, -0.25) is 4.79 Å². The number of hydrogen-bond acceptors (Lipinski definition) is 5. The number of ether oxygens (including phenoxy) is 1. The Bertz CT molecular complexity index is 719. The molecule has 1 N–H and O–H groups in total. The van der Waals surface area contributed by atoms with E-state index < -0.39 is 0 Å². The Hall–Kier alpha value is -1.53. The van der Waals surface area contributed by atoms with Crippen LogP contribution in [0.5, 0.6) is 5.75 Å². The molecular weight excluding hydrogens is 326 g/mol. The molecule has 0 aliphatic carbocycles. The standard InChI is InChI=1S/C14H14BrNO4/c1-8-13(18)10(15)6-9-11(17)7-12(20-14(8)9)16-2-4-19-5-3-16/h6-7,18H,2-5H2,1H3. The average Bonchev–Trinajstić information content (AvgIpc) is 2.47. The molecule has 1 aliphatic rings. The summed E-state index contributed by atoms with van der Waals surface area (Å²) in [5.41, 5.74) is 0.873. The lowest BCUT2D eigenvalue weighted by atomic mass is 10.1. The average molecular weight is 340 g/mol. The van der Waals surface area contributed by atoms with Crippen molar-refractivity contribution in [2.75, 3.05) is 31.2 Å². The first kappa shape index (κ1) is 13.5. The van der Waals surface area contributed by atoms with Crippen molar-refractivity contribution < 1.29 is 14.3 Å². The van der Waals surface area contributed by atoms with Crippen molar-refractivity contribution in [3.8, 4) is 5.75 Å². The van der Waals surface area contributed by atoms with E-state index in [0.717, 1.165) is 0 Å². The lowest BCUT2D eigenvalue weighted by Gasteiger charge is -2.27. The molecule has 0 atom stereocenters. The Morgan fingerprint density at radius 3 is 2.70 bits per heavy atom. The highest BCUT2D eigenvalue weighted by Gasteiger charge is 2.18. The Morgan fingerprint density at radius 2 is 2.00 bits per heavy atom. The minimum atomic E-state index is -0.114. The summed E-state index contributed by atoms with van der Waals surface area (Å²) in [6.45, 7) is 4.35. The number of phenols is 1. The van der Waals surface area contributed by atoms with Crippen LogP contribution in [0.3, 0.4) is 0 Å². The summed E-state index contributed by atoms with van der Waals surface area (Å²) >= 11 is 3.24. The number of nitrogens with zero attached hydrogens (tertiary/aromatic N) is 1. The minimum absolute atomic E-state index is 0.0970. The fourth-order valence-electron chi connectivity index (χ4n) is 2.33. The number of morpholine rings is 1. The lowest BCUT2D eigenvalue weighted by Crippen LogP contribution is -2.36. The third kappa shape index (κ3) is 2.19. The molecule has 1 fully saturated rings. The fourth-order valence-corrected chi connectivity index (χ4v) is 2.85. The first-order valence-electron chi connectivity index (χ1n) is 6.36. The van der Waals surface area contributed by atoms with E-state index in [2.05, 4.69) is 15.9 Å². The smallest absolute Gasteiger partial charge is 0.200 e. The molecule has 0 amide bonds. The monoisotopic (exact) mass is 339 g/mol. The summed E-state index contributed by atoms with van der Waals surface area (Å²) in [4.78, 5) is 14.2. The van der Waals surface area contributed by atoms with E-state index in [1.54, 1.807) is 13.0 Å². The molecule has 0 bridgehead atoms. The summed E-state index contributed by atoms with van der Waals surface area (Å²) in [6, 6.07) is 3.09. The number of aromatic hydroxyl groups is 1. The number of benzene rings is 1.